The van der Waals surface area contributed by atoms with Crippen molar-refractivity contribution in [2.45, 2.75) is 25.8 Å². The van der Waals surface area contributed by atoms with Crippen molar-refractivity contribution in [1.82, 2.24) is 10.6 Å². The minimum Gasteiger partial charge on any atom is -0.449 e. The molecule has 1 aliphatic rings. The van der Waals surface area contributed by atoms with Crippen molar-refractivity contribution in [3.05, 3.63) is 33.8 Å². The quantitative estimate of drug-likeness (QED) is 0.891. The third-order valence-corrected chi connectivity index (χ3v) is 3.66. The molecule has 0 spiro atoms. The van der Waals surface area contributed by atoms with E-state index in [1.165, 1.54) is 0 Å². The molecule has 0 radical (unpaired) electrons. The average Bonchev–Trinajstić information content (AvgIpc) is 2.45. The highest BCUT2D eigenvalue weighted by Crippen LogP contribution is 2.32. The second kappa shape index (κ2) is 7.52. The van der Waals surface area contributed by atoms with Gasteiger partial charge in [0.25, 0.3) is 0 Å². The smallest absolute Gasteiger partial charge is 0.413 e. The first-order chi connectivity index (χ1) is 10.1. The summed E-state index contributed by atoms with van der Waals surface area (Å²) in [5, 5.41) is 6.90. The topological polar surface area (TPSA) is 62.7 Å². The maximum absolute atomic E-state index is 11.5. The van der Waals surface area contributed by atoms with Gasteiger partial charge in [-0.05, 0) is 25.0 Å². The van der Waals surface area contributed by atoms with E-state index in [-0.39, 0.29) is 6.04 Å². The summed E-state index contributed by atoms with van der Waals surface area (Å²) in [5.74, 6) is 0.378. The van der Waals surface area contributed by atoms with E-state index in [0.29, 0.717) is 29.2 Å². The average molecular weight is 330 g/mol. The van der Waals surface area contributed by atoms with Crippen molar-refractivity contribution < 1.29 is 9.53 Å². The van der Waals surface area contributed by atoms with Crippen molar-refractivity contribution in [2.75, 3.05) is 13.2 Å². The number of aliphatic imine (C=N–C) groups is 1. The van der Waals surface area contributed by atoms with Crippen LogP contribution < -0.4 is 10.6 Å². The van der Waals surface area contributed by atoms with Crippen LogP contribution in [0, 0.1) is 0 Å². The Morgan fingerprint density at radius 3 is 2.86 bits per heavy atom. The molecule has 1 unspecified atom stereocenters. The molecule has 114 valence electrons. The van der Waals surface area contributed by atoms with E-state index < -0.39 is 6.09 Å². The molecule has 1 aromatic carbocycles. The summed E-state index contributed by atoms with van der Waals surface area (Å²) in [5.41, 5.74) is 0.817. The Labute approximate surface area is 133 Å². The van der Waals surface area contributed by atoms with Gasteiger partial charge in [0, 0.05) is 22.2 Å². The standard InChI is InChI=1S/C14H17Cl2N3O2/c1-2-8-21-14(20)19-13-17-7-6-11(18-13)12-9(15)4-3-5-10(12)16/h3-5,11H,2,6-8H2,1H3,(H2,17,18,19,20). The van der Waals surface area contributed by atoms with Gasteiger partial charge in [-0.3, -0.25) is 10.3 Å². The molecule has 0 fully saturated rings. The van der Waals surface area contributed by atoms with E-state index in [0.717, 1.165) is 18.4 Å². The van der Waals surface area contributed by atoms with Crippen LogP contribution >= 0.6 is 23.2 Å². The van der Waals surface area contributed by atoms with E-state index in [1.807, 2.05) is 6.92 Å². The Hall–Kier alpha value is -1.46. The van der Waals surface area contributed by atoms with Crippen LogP contribution in [0.25, 0.3) is 0 Å². The molecule has 2 N–H and O–H groups in total. The Kier molecular flexibility index (Phi) is 5.70. The van der Waals surface area contributed by atoms with Crippen molar-refractivity contribution in [3.8, 4) is 0 Å². The Balaban J connectivity index is 2.03. The molecular formula is C14H17Cl2N3O2. The lowest BCUT2D eigenvalue weighted by atomic mass is 10.0. The van der Waals surface area contributed by atoms with Crippen LogP contribution in [0.1, 0.15) is 31.4 Å². The van der Waals surface area contributed by atoms with Crippen molar-refractivity contribution >= 4 is 35.3 Å². The number of carbonyl (C=O) groups excluding carboxylic acids is 1. The molecule has 1 aliphatic heterocycles. The number of benzene rings is 1. The number of nitrogens with zero attached hydrogens (tertiary/aromatic N) is 1. The fourth-order valence-electron chi connectivity index (χ4n) is 2.05. The highest BCUT2D eigenvalue weighted by molar-refractivity contribution is 6.36. The van der Waals surface area contributed by atoms with Crippen molar-refractivity contribution in [2.24, 2.45) is 4.99 Å². The summed E-state index contributed by atoms with van der Waals surface area (Å²) in [6.45, 7) is 2.88. The number of guanidine groups is 1. The molecule has 0 bridgehead atoms. The fraction of sp³-hybridized carbons (Fsp3) is 0.429. The molecule has 0 saturated heterocycles. The second-order valence-electron chi connectivity index (χ2n) is 4.61. The van der Waals surface area contributed by atoms with E-state index in [4.69, 9.17) is 27.9 Å². The third kappa shape index (κ3) is 4.25. The Morgan fingerprint density at radius 1 is 1.48 bits per heavy atom. The van der Waals surface area contributed by atoms with Crippen molar-refractivity contribution in [3.63, 3.8) is 0 Å². The number of hydrogen-bond donors (Lipinski definition) is 2. The van der Waals surface area contributed by atoms with Crippen LogP contribution in [0.4, 0.5) is 4.79 Å². The summed E-state index contributed by atoms with van der Waals surface area (Å²) < 4.78 is 4.96. The van der Waals surface area contributed by atoms with Gasteiger partial charge in [0.15, 0.2) is 0 Å². The third-order valence-electron chi connectivity index (χ3n) is 3.00. The summed E-state index contributed by atoms with van der Waals surface area (Å²) in [6, 6.07) is 5.29. The SMILES string of the molecule is CCCOC(=O)NC1=NCCC(c2c(Cl)cccc2Cl)N1. The van der Waals surface area contributed by atoms with E-state index >= 15 is 0 Å². The highest BCUT2D eigenvalue weighted by Gasteiger charge is 2.23. The van der Waals surface area contributed by atoms with Gasteiger partial charge in [-0.25, -0.2) is 4.79 Å². The Bertz CT molecular complexity index is 529. The van der Waals surface area contributed by atoms with Gasteiger partial charge >= 0.3 is 6.09 Å². The van der Waals surface area contributed by atoms with Crippen LogP contribution in [-0.2, 0) is 4.74 Å². The maximum Gasteiger partial charge on any atom is 0.413 e. The number of amides is 1. The van der Waals surface area contributed by atoms with Gasteiger partial charge in [0.1, 0.15) is 0 Å². The highest BCUT2D eigenvalue weighted by atomic mass is 35.5. The lowest BCUT2D eigenvalue weighted by Gasteiger charge is -2.26. The second-order valence-corrected chi connectivity index (χ2v) is 5.43. The molecule has 21 heavy (non-hydrogen) atoms. The number of carbonyl (C=O) groups is 1. The minimum atomic E-state index is -0.519. The number of rotatable bonds is 3. The molecule has 0 saturated carbocycles. The molecule has 0 aromatic heterocycles. The monoisotopic (exact) mass is 329 g/mol. The van der Waals surface area contributed by atoms with E-state index in [1.54, 1.807) is 18.2 Å². The maximum atomic E-state index is 11.5. The van der Waals surface area contributed by atoms with Gasteiger partial charge in [0.05, 0.1) is 12.6 Å². The minimum absolute atomic E-state index is 0.0924. The van der Waals surface area contributed by atoms with Gasteiger partial charge in [-0.15, -0.1) is 0 Å². The first kappa shape index (κ1) is 15.9. The van der Waals surface area contributed by atoms with Gasteiger partial charge in [-0.1, -0.05) is 36.2 Å². The van der Waals surface area contributed by atoms with Gasteiger partial charge < -0.3 is 10.1 Å². The normalized spacial score (nSPS) is 17.7. The predicted octanol–water partition coefficient (Wildman–Crippen LogP) is 3.52. The van der Waals surface area contributed by atoms with Crippen LogP contribution in [0.2, 0.25) is 10.0 Å². The molecule has 0 aliphatic carbocycles. The number of halogens is 2. The fourth-order valence-corrected chi connectivity index (χ4v) is 2.71. The lowest BCUT2D eigenvalue weighted by Crippen LogP contribution is -2.45. The largest absolute Gasteiger partial charge is 0.449 e. The molecule has 1 amide bonds. The molecular weight excluding hydrogens is 313 g/mol. The summed E-state index contributed by atoms with van der Waals surface area (Å²) in [7, 11) is 0. The lowest BCUT2D eigenvalue weighted by molar-refractivity contribution is 0.151. The van der Waals surface area contributed by atoms with Crippen LogP contribution in [0.5, 0.6) is 0 Å². The molecule has 1 atom stereocenters. The van der Waals surface area contributed by atoms with Gasteiger partial charge in [-0.2, -0.15) is 0 Å². The molecule has 1 aromatic rings. The Morgan fingerprint density at radius 2 is 2.19 bits per heavy atom. The predicted molar refractivity (Wildman–Crippen MR) is 84.0 cm³/mol. The number of ether oxygens (including phenoxy) is 1. The number of nitrogens with one attached hydrogen (secondary N) is 2. The van der Waals surface area contributed by atoms with Crippen LogP contribution in [-0.4, -0.2) is 25.2 Å². The zero-order valence-corrected chi connectivity index (χ0v) is 13.2. The van der Waals surface area contributed by atoms with Crippen LogP contribution in [0.15, 0.2) is 23.2 Å². The number of hydrogen-bond acceptors (Lipinski definition) is 4. The van der Waals surface area contributed by atoms with Gasteiger partial charge in [0.2, 0.25) is 5.96 Å². The van der Waals surface area contributed by atoms with E-state index in [9.17, 15) is 4.79 Å². The zero-order valence-electron chi connectivity index (χ0n) is 11.7. The van der Waals surface area contributed by atoms with Crippen molar-refractivity contribution in [1.29, 1.82) is 0 Å². The first-order valence-corrected chi connectivity index (χ1v) is 7.56. The number of alkyl carbamates (subject to hydrolysis) is 1. The van der Waals surface area contributed by atoms with E-state index in [2.05, 4.69) is 15.6 Å². The molecule has 7 heteroatoms. The molecule has 5 nitrogen and oxygen atoms in total. The zero-order chi connectivity index (χ0) is 15.2. The summed E-state index contributed by atoms with van der Waals surface area (Å²) in [4.78, 5) is 15.8. The summed E-state index contributed by atoms with van der Waals surface area (Å²) in [6.07, 6.45) is 0.998. The summed E-state index contributed by atoms with van der Waals surface area (Å²) >= 11 is 12.4. The molecule has 2 rings (SSSR count). The van der Waals surface area contributed by atoms with Crippen LogP contribution in [0.3, 0.4) is 0 Å². The first-order valence-electron chi connectivity index (χ1n) is 6.80. The molecule has 1 heterocycles.